The Hall–Kier alpha value is -2.21. The fraction of sp³-hybridized carbons (Fsp3) is 0.278. The topological polar surface area (TPSA) is 67.8 Å². The van der Waals surface area contributed by atoms with Gasteiger partial charge >= 0.3 is 5.97 Å². The molecule has 0 radical (unpaired) electrons. The van der Waals surface area contributed by atoms with E-state index < -0.39 is 18.3 Å². The molecule has 2 unspecified atom stereocenters. The van der Waals surface area contributed by atoms with Gasteiger partial charge in [0.2, 0.25) is 6.23 Å². The van der Waals surface area contributed by atoms with Crippen LogP contribution in [0.3, 0.4) is 0 Å². The zero-order valence-electron chi connectivity index (χ0n) is 13.0. The van der Waals surface area contributed by atoms with E-state index in [1.54, 1.807) is 31.2 Å². The zero-order valence-corrected chi connectivity index (χ0v) is 13.0. The second-order valence-corrected chi connectivity index (χ2v) is 4.90. The fourth-order valence-electron chi connectivity index (χ4n) is 2.05. The van der Waals surface area contributed by atoms with Crippen molar-refractivity contribution in [2.24, 2.45) is 0 Å². The van der Waals surface area contributed by atoms with E-state index in [-0.39, 0.29) is 6.54 Å². The number of carbonyl (C=O) groups excluding carboxylic acids is 1. The first-order chi connectivity index (χ1) is 11.2. The number of hydrogen-bond acceptors (Lipinski definition) is 5. The van der Waals surface area contributed by atoms with Gasteiger partial charge in [-0.1, -0.05) is 48.5 Å². The van der Waals surface area contributed by atoms with Crippen LogP contribution >= 0.6 is 0 Å². The SMILES string of the molecule is CCOC(NCC(O)c1ccccc1)C(=O)Oc1ccccc1. The molecule has 122 valence electrons. The van der Waals surface area contributed by atoms with E-state index in [9.17, 15) is 9.90 Å². The Morgan fingerprint density at radius 1 is 1.09 bits per heavy atom. The van der Waals surface area contributed by atoms with Gasteiger partial charge in [0.05, 0.1) is 6.10 Å². The van der Waals surface area contributed by atoms with E-state index in [4.69, 9.17) is 9.47 Å². The van der Waals surface area contributed by atoms with Gasteiger partial charge < -0.3 is 14.6 Å². The minimum absolute atomic E-state index is 0.179. The second kappa shape index (κ2) is 9.05. The van der Waals surface area contributed by atoms with Gasteiger partial charge in [-0.3, -0.25) is 5.32 Å². The maximum absolute atomic E-state index is 12.2. The number of ether oxygens (including phenoxy) is 2. The van der Waals surface area contributed by atoms with Crippen molar-refractivity contribution in [3.63, 3.8) is 0 Å². The normalized spacial score (nSPS) is 13.3. The first kappa shape index (κ1) is 17.1. The maximum Gasteiger partial charge on any atom is 0.355 e. The lowest BCUT2D eigenvalue weighted by atomic mass is 10.1. The standard InChI is InChI=1S/C18H21NO4/c1-2-22-17(18(21)23-15-11-7-4-8-12-15)19-13-16(20)14-9-5-3-6-10-14/h3-12,16-17,19-20H,2,13H2,1H3. The van der Waals surface area contributed by atoms with E-state index in [1.807, 2.05) is 36.4 Å². The number of hydrogen-bond donors (Lipinski definition) is 2. The van der Waals surface area contributed by atoms with Gasteiger partial charge in [-0.05, 0) is 24.6 Å². The Labute approximate surface area is 135 Å². The van der Waals surface area contributed by atoms with Crippen molar-refractivity contribution in [2.75, 3.05) is 13.2 Å². The van der Waals surface area contributed by atoms with Gasteiger partial charge in [0.1, 0.15) is 5.75 Å². The molecule has 0 amide bonds. The highest BCUT2D eigenvalue weighted by Crippen LogP contribution is 2.12. The average molecular weight is 315 g/mol. The molecule has 0 fully saturated rings. The highest BCUT2D eigenvalue weighted by Gasteiger charge is 2.22. The molecule has 0 bridgehead atoms. The first-order valence-corrected chi connectivity index (χ1v) is 7.55. The number of aliphatic hydroxyl groups is 1. The third-order valence-electron chi connectivity index (χ3n) is 3.19. The summed E-state index contributed by atoms with van der Waals surface area (Å²) in [6.45, 7) is 2.32. The Balaban J connectivity index is 1.91. The average Bonchev–Trinajstić information content (AvgIpc) is 2.60. The van der Waals surface area contributed by atoms with E-state index in [2.05, 4.69) is 5.32 Å². The van der Waals surface area contributed by atoms with Crippen LogP contribution in [0.2, 0.25) is 0 Å². The number of benzene rings is 2. The summed E-state index contributed by atoms with van der Waals surface area (Å²) in [5.74, 6) is -0.0917. The molecule has 5 nitrogen and oxygen atoms in total. The molecule has 0 heterocycles. The number of para-hydroxylation sites is 1. The number of nitrogens with one attached hydrogen (secondary N) is 1. The minimum atomic E-state index is -0.932. The lowest BCUT2D eigenvalue weighted by molar-refractivity contribution is -0.149. The third-order valence-corrected chi connectivity index (χ3v) is 3.19. The number of aliphatic hydroxyl groups excluding tert-OH is 1. The van der Waals surface area contributed by atoms with Crippen molar-refractivity contribution >= 4 is 5.97 Å². The molecule has 23 heavy (non-hydrogen) atoms. The molecule has 2 rings (SSSR count). The molecule has 5 heteroatoms. The molecule has 2 N–H and O–H groups in total. The van der Waals surface area contributed by atoms with Crippen molar-refractivity contribution in [3.05, 3.63) is 66.2 Å². The highest BCUT2D eigenvalue weighted by atomic mass is 16.6. The van der Waals surface area contributed by atoms with Crippen LogP contribution in [0.1, 0.15) is 18.6 Å². The summed E-state index contributed by atoms with van der Waals surface area (Å²) in [5.41, 5.74) is 0.770. The van der Waals surface area contributed by atoms with E-state index >= 15 is 0 Å². The summed E-state index contributed by atoms with van der Waals surface area (Å²) in [6, 6.07) is 18.0. The molecule has 2 aromatic rings. The third kappa shape index (κ3) is 5.49. The van der Waals surface area contributed by atoms with Crippen molar-refractivity contribution < 1.29 is 19.4 Å². The molecule has 2 atom stereocenters. The van der Waals surface area contributed by atoms with Gasteiger partial charge in [0, 0.05) is 13.2 Å². The minimum Gasteiger partial charge on any atom is -0.424 e. The predicted molar refractivity (Wildman–Crippen MR) is 86.9 cm³/mol. The van der Waals surface area contributed by atoms with Gasteiger partial charge in [0.15, 0.2) is 0 Å². The lowest BCUT2D eigenvalue weighted by Crippen LogP contribution is -2.43. The zero-order chi connectivity index (χ0) is 16.5. The molecule has 0 saturated carbocycles. The number of rotatable bonds is 8. The molecule has 0 aliphatic rings. The highest BCUT2D eigenvalue weighted by molar-refractivity contribution is 5.76. The molecular weight excluding hydrogens is 294 g/mol. The van der Waals surface area contributed by atoms with Crippen LogP contribution in [0.5, 0.6) is 5.75 Å². The molecule has 0 aliphatic heterocycles. The second-order valence-electron chi connectivity index (χ2n) is 4.90. The van der Waals surface area contributed by atoms with Gasteiger partial charge in [0.25, 0.3) is 0 Å². The van der Waals surface area contributed by atoms with Crippen LogP contribution in [0, 0.1) is 0 Å². The van der Waals surface area contributed by atoms with Gasteiger partial charge in [-0.25, -0.2) is 4.79 Å². The molecule has 0 saturated heterocycles. The lowest BCUT2D eigenvalue weighted by Gasteiger charge is -2.19. The van der Waals surface area contributed by atoms with Crippen molar-refractivity contribution in [3.8, 4) is 5.75 Å². The maximum atomic E-state index is 12.2. The van der Waals surface area contributed by atoms with Crippen LogP contribution in [-0.4, -0.2) is 30.5 Å². The van der Waals surface area contributed by atoms with Crippen molar-refractivity contribution in [2.45, 2.75) is 19.3 Å². The molecule has 2 aromatic carbocycles. The van der Waals surface area contributed by atoms with E-state index in [1.165, 1.54) is 0 Å². The summed E-state index contributed by atoms with van der Waals surface area (Å²) in [7, 11) is 0. The van der Waals surface area contributed by atoms with Gasteiger partial charge in [-0.15, -0.1) is 0 Å². The first-order valence-electron chi connectivity index (χ1n) is 7.55. The van der Waals surface area contributed by atoms with Crippen LogP contribution in [0.4, 0.5) is 0 Å². The van der Waals surface area contributed by atoms with Crippen molar-refractivity contribution in [1.82, 2.24) is 5.32 Å². The van der Waals surface area contributed by atoms with Crippen LogP contribution in [0.15, 0.2) is 60.7 Å². The Morgan fingerprint density at radius 3 is 2.30 bits per heavy atom. The Morgan fingerprint density at radius 2 is 1.70 bits per heavy atom. The summed E-state index contributed by atoms with van der Waals surface area (Å²) in [4.78, 5) is 12.2. The molecule has 0 spiro atoms. The van der Waals surface area contributed by atoms with Crippen LogP contribution < -0.4 is 10.1 Å². The van der Waals surface area contributed by atoms with Crippen LogP contribution in [0.25, 0.3) is 0 Å². The number of carbonyl (C=O) groups is 1. The van der Waals surface area contributed by atoms with E-state index in [0.29, 0.717) is 12.4 Å². The Kier molecular flexibility index (Phi) is 6.75. The largest absolute Gasteiger partial charge is 0.424 e. The predicted octanol–water partition coefficient (Wildman–Crippen LogP) is 2.28. The smallest absolute Gasteiger partial charge is 0.355 e. The summed E-state index contributed by atoms with van der Waals surface area (Å²) < 4.78 is 10.6. The fourth-order valence-corrected chi connectivity index (χ4v) is 2.05. The number of esters is 1. The van der Waals surface area contributed by atoms with Gasteiger partial charge in [-0.2, -0.15) is 0 Å². The molecule has 0 aliphatic carbocycles. The molecular formula is C18H21NO4. The molecule has 0 aromatic heterocycles. The monoisotopic (exact) mass is 315 g/mol. The summed E-state index contributed by atoms with van der Waals surface area (Å²) >= 11 is 0. The quantitative estimate of drug-likeness (QED) is 0.444. The summed E-state index contributed by atoms with van der Waals surface area (Å²) in [5, 5.41) is 13.0. The van der Waals surface area contributed by atoms with E-state index in [0.717, 1.165) is 5.56 Å². The summed E-state index contributed by atoms with van der Waals surface area (Å²) in [6.07, 6.45) is -1.66. The van der Waals surface area contributed by atoms with Crippen LogP contribution in [-0.2, 0) is 9.53 Å². The van der Waals surface area contributed by atoms with Crippen molar-refractivity contribution in [1.29, 1.82) is 0 Å². The Bertz CT molecular complexity index is 588.